The van der Waals surface area contributed by atoms with Gasteiger partial charge in [0.05, 0.1) is 5.52 Å². The molecule has 2 heteroatoms. The van der Waals surface area contributed by atoms with E-state index in [1.54, 1.807) is 0 Å². The molecule has 90 valence electrons. The van der Waals surface area contributed by atoms with Crippen molar-refractivity contribution in [2.45, 2.75) is 26.8 Å². The highest BCUT2D eigenvalue weighted by atomic mass is 14.9. The predicted molar refractivity (Wildman–Crippen MR) is 73.0 cm³/mol. The van der Waals surface area contributed by atoms with Crippen LogP contribution < -0.4 is 5.32 Å². The number of nitrogens with one attached hydrogen (secondary N) is 1. The molecular weight excluding hydrogens is 208 g/mol. The Bertz CT molecular complexity index is 506. The van der Waals surface area contributed by atoms with Crippen LogP contribution in [0.3, 0.4) is 0 Å². The average molecular weight is 228 g/mol. The molecule has 0 saturated heterocycles. The van der Waals surface area contributed by atoms with Crippen LogP contribution in [0.4, 0.5) is 0 Å². The minimum Gasteiger partial charge on any atom is -0.312 e. The van der Waals surface area contributed by atoms with E-state index in [2.05, 4.69) is 55.3 Å². The summed E-state index contributed by atoms with van der Waals surface area (Å²) < 4.78 is 0. The third kappa shape index (κ3) is 2.32. The van der Waals surface area contributed by atoms with Crippen LogP contribution in [-0.2, 0) is 0 Å². The zero-order valence-corrected chi connectivity index (χ0v) is 11.0. The Kier molecular flexibility index (Phi) is 3.16. The summed E-state index contributed by atoms with van der Waals surface area (Å²) in [6, 6.07) is 10.8. The van der Waals surface area contributed by atoms with Gasteiger partial charge in [0.15, 0.2) is 0 Å². The molecular formula is C15H20N2. The molecule has 0 aliphatic carbocycles. The average Bonchev–Trinajstić information content (AvgIpc) is 2.28. The number of hydrogen-bond donors (Lipinski definition) is 1. The fourth-order valence-corrected chi connectivity index (χ4v) is 2.42. The van der Waals surface area contributed by atoms with Gasteiger partial charge in [0.2, 0.25) is 0 Å². The van der Waals surface area contributed by atoms with Gasteiger partial charge >= 0.3 is 0 Å². The van der Waals surface area contributed by atoms with Crippen molar-refractivity contribution >= 4 is 10.9 Å². The van der Waals surface area contributed by atoms with Gasteiger partial charge in [-0.15, -0.1) is 0 Å². The van der Waals surface area contributed by atoms with E-state index in [-0.39, 0.29) is 5.41 Å². The first-order valence-corrected chi connectivity index (χ1v) is 6.05. The molecule has 0 fully saturated rings. The Labute approximate surface area is 103 Å². The van der Waals surface area contributed by atoms with Crippen LogP contribution >= 0.6 is 0 Å². The van der Waals surface area contributed by atoms with E-state index in [1.165, 1.54) is 10.9 Å². The maximum Gasteiger partial charge on any atom is 0.0749 e. The molecule has 2 aromatic rings. The van der Waals surface area contributed by atoms with Crippen LogP contribution in [0.1, 0.15) is 32.4 Å². The van der Waals surface area contributed by atoms with E-state index in [1.807, 2.05) is 19.3 Å². The highest BCUT2D eigenvalue weighted by molar-refractivity contribution is 5.82. The fraction of sp³-hybridized carbons (Fsp3) is 0.400. The molecule has 0 radical (unpaired) electrons. The molecule has 17 heavy (non-hydrogen) atoms. The first kappa shape index (κ1) is 12.1. The van der Waals surface area contributed by atoms with Crippen LogP contribution in [0, 0.1) is 5.41 Å². The molecule has 0 amide bonds. The summed E-state index contributed by atoms with van der Waals surface area (Å²) in [5, 5.41) is 4.61. The monoisotopic (exact) mass is 228 g/mol. The number of benzene rings is 1. The van der Waals surface area contributed by atoms with Gasteiger partial charge in [0.1, 0.15) is 0 Å². The van der Waals surface area contributed by atoms with Gasteiger partial charge in [-0.05, 0) is 24.1 Å². The summed E-state index contributed by atoms with van der Waals surface area (Å²) in [6.45, 7) is 6.74. The van der Waals surface area contributed by atoms with Crippen LogP contribution in [0.2, 0.25) is 0 Å². The van der Waals surface area contributed by atoms with E-state index in [4.69, 9.17) is 0 Å². The van der Waals surface area contributed by atoms with Crippen LogP contribution in [0.25, 0.3) is 10.9 Å². The second-order valence-corrected chi connectivity index (χ2v) is 5.51. The maximum atomic E-state index is 4.52. The minimum atomic E-state index is 0.167. The topological polar surface area (TPSA) is 24.9 Å². The lowest BCUT2D eigenvalue weighted by Gasteiger charge is -2.31. The van der Waals surface area contributed by atoms with E-state index in [0.717, 1.165) is 5.52 Å². The summed E-state index contributed by atoms with van der Waals surface area (Å²) >= 11 is 0. The van der Waals surface area contributed by atoms with Crippen molar-refractivity contribution < 1.29 is 0 Å². The molecule has 1 atom stereocenters. The van der Waals surface area contributed by atoms with E-state index >= 15 is 0 Å². The molecule has 1 aromatic heterocycles. The van der Waals surface area contributed by atoms with Crippen molar-refractivity contribution in [3.63, 3.8) is 0 Å². The van der Waals surface area contributed by atoms with Crippen molar-refractivity contribution in [1.82, 2.24) is 10.3 Å². The van der Waals surface area contributed by atoms with Crippen molar-refractivity contribution in [3.8, 4) is 0 Å². The quantitative estimate of drug-likeness (QED) is 0.850. The fourth-order valence-electron chi connectivity index (χ4n) is 2.42. The number of hydrogen-bond acceptors (Lipinski definition) is 2. The second-order valence-electron chi connectivity index (χ2n) is 5.51. The van der Waals surface area contributed by atoms with Crippen molar-refractivity contribution in [3.05, 3.63) is 42.1 Å². The molecule has 0 spiro atoms. The molecule has 1 N–H and O–H groups in total. The zero-order chi connectivity index (χ0) is 12.5. The Morgan fingerprint density at radius 3 is 2.47 bits per heavy atom. The Morgan fingerprint density at radius 1 is 1.12 bits per heavy atom. The Balaban J connectivity index is 2.62. The highest BCUT2D eigenvalue weighted by Crippen LogP contribution is 2.35. The molecule has 0 saturated carbocycles. The number of aromatic nitrogens is 1. The Morgan fingerprint density at radius 2 is 1.82 bits per heavy atom. The summed E-state index contributed by atoms with van der Waals surface area (Å²) in [4.78, 5) is 4.52. The van der Waals surface area contributed by atoms with Gasteiger partial charge < -0.3 is 5.32 Å². The van der Waals surface area contributed by atoms with Crippen LogP contribution in [0.5, 0.6) is 0 Å². The van der Waals surface area contributed by atoms with Gasteiger partial charge in [-0.2, -0.15) is 0 Å². The highest BCUT2D eigenvalue weighted by Gasteiger charge is 2.26. The standard InChI is InChI=1S/C15H20N2/c1-15(2,3)14(16-4)12-9-5-7-11-8-6-10-17-13(11)12/h5-10,14,16H,1-4H3. The summed E-state index contributed by atoms with van der Waals surface area (Å²) in [5.74, 6) is 0. The van der Waals surface area contributed by atoms with Gasteiger partial charge in [0, 0.05) is 17.6 Å². The lowest BCUT2D eigenvalue weighted by atomic mass is 9.81. The molecule has 1 heterocycles. The lowest BCUT2D eigenvalue weighted by molar-refractivity contribution is 0.288. The van der Waals surface area contributed by atoms with Crippen LogP contribution in [0.15, 0.2) is 36.5 Å². The molecule has 2 nitrogen and oxygen atoms in total. The number of rotatable bonds is 2. The molecule has 1 aromatic carbocycles. The summed E-state index contributed by atoms with van der Waals surface area (Å²) in [6.07, 6.45) is 1.86. The Hall–Kier alpha value is -1.41. The molecule has 0 bridgehead atoms. The largest absolute Gasteiger partial charge is 0.312 e. The summed E-state index contributed by atoms with van der Waals surface area (Å²) in [5.41, 5.74) is 2.54. The number of nitrogens with zero attached hydrogens (tertiary/aromatic N) is 1. The number of fused-ring (bicyclic) bond motifs is 1. The molecule has 1 unspecified atom stereocenters. The molecule has 0 aliphatic rings. The first-order chi connectivity index (χ1) is 8.04. The third-order valence-electron chi connectivity index (χ3n) is 3.13. The van der Waals surface area contributed by atoms with Crippen molar-refractivity contribution in [2.24, 2.45) is 5.41 Å². The van der Waals surface area contributed by atoms with E-state index in [9.17, 15) is 0 Å². The number of pyridine rings is 1. The zero-order valence-electron chi connectivity index (χ0n) is 11.0. The predicted octanol–water partition coefficient (Wildman–Crippen LogP) is 3.54. The van der Waals surface area contributed by atoms with Gasteiger partial charge in [-0.25, -0.2) is 0 Å². The van der Waals surface area contributed by atoms with Gasteiger partial charge in [-0.3, -0.25) is 4.98 Å². The SMILES string of the molecule is CNC(c1cccc2cccnc12)C(C)(C)C. The van der Waals surface area contributed by atoms with Gasteiger partial charge in [-0.1, -0.05) is 45.0 Å². The van der Waals surface area contributed by atoms with Gasteiger partial charge in [0.25, 0.3) is 0 Å². The van der Waals surface area contributed by atoms with E-state index < -0.39 is 0 Å². The molecule has 2 rings (SSSR count). The maximum absolute atomic E-state index is 4.52. The first-order valence-electron chi connectivity index (χ1n) is 6.05. The summed E-state index contributed by atoms with van der Waals surface area (Å²) in [7, 11) is 2.01. The minimum absolute atomic E-state index is 0.167. The van der Waals surface area contributed by atoms with E-state index in [0.29, 0.717) is 6.04 Å². The van der Waals surface area contributed by atoms with Crippen molar-refractivity contribution in [1.29, 1.82) is 0 Å². The molecule has 0 aliphatic heterocycles. The normalized spacial score (nSPS) is 13.9. The number of para-hydroxylation sites is 1. The van der Waals surface area contributed by atoms with Crippen LogP contribution in [-0.4, -0.2) is 12.0 Å². The smallest absolute Gasteiger partial charge is 0.0749 e. The lowest BCUT2D eigenvalue weighted by Crippen LogP contribution is -2.29. The second kappa shape index (κ2) is 4.46. The third-order valence-corrected chi connectivity index (χ3v) is 3.13. The van der Waals surface area contributed by atoms with Crippen molar-refractivity contribution in [2.75, 3.05) is 7.05 Å².